The molecule has 2 heteroatoms. The van der Waals surface area contributed by atoms with Crippen LogP contribution < -0.4 is 5.32 Å². The van der Waals surface area contributed by atoms with E-state index < -0.39 is 0 Å². The third-order valence-electron chi connectivity index (χ3n) is 2.55. The zero-order valence-corrected chi connectivity index (χ0v) is 10.6. The fraction of sp³-hybridized carbons (Fsp3) is 0.200. The van der Waals surface area contributed by atoms with Gasteiger partial charge in [-0.1, -0.05) is 36.3 Å². The zero-order chi connectivity index (χ0) is 12.1. The predicted octanol–water partition coefficient (Wildman–Crippen LogP) is 3.53. The highest BCUT2D eigenvalue weighted by molar-refractivity contribution is 7.15. The molecule has 17 heavy (non-hydrogen) atoms. The Morgan fingerprint density at radius 3 is 2.71 bits per heavy atom. The second-order valence-corrected chi connectivity index (χ2v) is 5.07. The summed E-state index contributed by atoms with van der Waals surface area (Å²) in [5, 5.41) is 3.29. The maximum Gasteiger partial charge on any atom is 0.0661 e. The maximum absolute atomic E-state index is 5.32. The molecule has 2 rings (SSSR count). The molecule has 86 valence electrons. The average molecular weight is 241 g/mol. The second kappa shape index (κ2) is 5.67. The quantitative estimate of drug-likeness (QED) is 0.808. The minimum absolute atomic E-state index is 0.122. The normalized spacial score (nSPS) is 12.0. The number of terminal acetylenes is 1. The van der Waals surface area contributed by atoms with Crippen LogP contribution in [0.4, 0.5) is 0 Å². The van der Waals surface area contributed by atoms with Gasteiger partial charge in [0.2, 0.25) is 0 Å². The van der Waals surface area contributed by atoms with Gasteiger partial charge < -0.3 is 0 Å². The van der Waals surface area contributed by atoms with E-state index in [2.05, 4.69) is 47.6 Å². The van der Waals surface area contributed by atoms with Gasteiger partial charge in [0.1, 0.15) is 0 Å². The summed E-state index contributed by atoms with van der Waals surface area (Å²) < 4.78 is 0. The Balaban J connectivity index is 2.05. The first-order valence-electron chi connectivity index (χ1n) is 5.63. The summed E-state index contributed by atoms with van der Waals surface area (Å²) in [4.78, 5) is 2.61. The molecule has 2 aromatic rings. The molecule has 1 N–H and O–H groups in total. The minimum atomic E-state index is 0.122. The highest BCUT2D eigenvalue weighted by Gasteiger charge is 2.03. The average Bonchev–Trinajstić information content (AvgIpc) is 2.86. The Morgan fingerprint density at radius 2 is 2.00 bits per heavy atom. The van der Waals surface area contributed by atoms with Gasteiger partial charge in [0, 0.05) is 16.3 Å². The standard InChI is InChI=1S/C15H15NS/c1-3-12(2)16-11-14-9-10-15(17-14)13-7-5-4-6-8-13/h1,4-10,12,16H,11H2,2H3. The molecule has 0 fully saturated rings. The number of hydrogen-bond acceptors (Lipinski definition) is 2. The van der Waals surface area contributed by atoms with Crippen LogP contribution in [0.2, 0.25) is 0 Å². The third-order valence-corrected chi connectivity index (χ3v) is 3.69. The van der Waals surface area contributed by atoms with Crippen LogP contribution in [0, 0.1) is 12.3 Å². The van der Waals surface area contributed by atoms with Gasteiger partial charge in [-0.15, -0.1) is 17.8 Å². The molecule has 0 saturated carbocycles. The van der Waals surface area contributed by atoms with Crippen LogP contribution in [0.5, 0.6) is 0 Å². The smallest absolute Gasteiger partial charge is 0.0661 e. The van der Waals surface area contributed by atoms with Crippen molar-refractivity contribution in [3.8, 4) is 22.8 Å². The summed E-state index contributed by atoms with van der Waals surface area (Å²) in [5.74, 6) is 2.67. The van der Waals surface area contributed by atoms with E-state index in [1.165, 1.54) is 15.3 Å². The molecule has 0 aliphatic heterocycles. The Labute approximate surface area is 107 Å². The van der Waals surface area contributed by atoms with Crippen LogP contribution in [-0.4, -0.2) is 6.04 Å². The Kier molecular flexibility index (Phi) is 3.98. The fourth-order valence-corrected chi connectivity index (χ4v) is 2.51. The third kappa shape index (κ3) is 3.20. The van der Waals surface area contributed by atoms with Gasteiger partial charge in [-0.05, 0) is 24.6 Å². The predicted molar refractivity (Wildman–Crippen MR) is 74.9 cm³/mol. The van der Waals surface area contributed by atoms with E-state index in [0.717, 1.165) is 6.54 Å². The highest BCUT2D eigenvalue weighted by atomic mass is 32.1. The van der Waals surface area contributed by atoms with E-state index in [4.69, 9.17) is 6.42 Å². The van der Waals surface area contributed by atoms with Crippen LogP contribution in [0.3, 0.4) is 0 Å². The van der Waals surface area contributed by atoms with Crippen molar-refractivity contribution in [3.63, 3.8) is 0 Å². The summed E-state index contributed by atoms with van der Waals surface area (Å²) in [6.45, 7) is 2.83. The highest BCUT2D eigenvalue weighted by Crippen LogP contribution is 2.27. The first-order chi connectivity index (χ1) is 8.29. The van der Waals surface area contributed by atoms with Crippen molar-refractivity contribution in [2.75, 3.05) is 0 Å². The molecule has 1 aromatic heterocycles. The van der Waals surface area contributed by atoms with Crippen molar-refractivity contribution >= 4 is 11.3 Å². The molecule has 1 unspecified atom stereocenters. The molecule has 0 bridgehead atoms. The lowest BCUT2D eigenvalue weighted by Crippen LogP contribution is -2.22. The molecule has 0 radical (unpaired) electrons. The van der Waals surface area contributed by atoms with E-state index in [9.17, 15) is 0 Å². The van der Waals surface area contributed by atoms with Crippen LogP contribution in [0.1, 0.15) is 11.8 Å². The number of rotatable bonds is 4. The lowest BCUT2D eigenvalue weighted by Gasteiger charge is -2.04. The Morgan fingerprint density at radius 1 is 1.24 bits per heavy atom. The zero-order valence-electron chi connectivity index (χ0n) is 9.81. The van der Waals surface area contributed by atoms with E-state index >= 15 is 0 Å². The van der Waals surface area contributed by atoms with Gasteiger partial charge in [0.05, 0.1) is 6.04 Å². The first-order valence-corrected chi connectivity index (χ1v) is 6.45. The van der Waals surface area contributed by atoms with Gasteiger partial charge in [0.15, 0.2) is 0 Å². The summed E-state index contributed by atoms with van der Waals surface area (Å²) in [5.41, 5.74) is 1.27. The molecule has 0 aliphatic rings. The summed E-state index contributed by atoms with van der Waals surface area (Å²) in [7, 11) is 0. The number of benzene rings is 1. The van der Waals surface area contributed by atoms with Gasteiger partial charge in [-0.25, -0.2) is 0 Å². The summed E-state index contributed by atoms with van der Waals surface area (Å²) in [6, 6.07) is 14.9. The van der Waals surface area contributed by atoms with Crippen LogP contribution >= 0.6 is 11.3 Å². The van der Waals surface area contributed by atoms with E-state index in [0.29, 0.717) is 0 Å². The number of thiophene rings is 1. The monoisotopic (exact) mass is 241 g/mol. The van der Waals surface area contributed by atoms with Gasteiger partial charge in [0.25, 0.3) is 0 Å². The van der Waals surface area contributed by atoms with E-state index in [1.807, 2.05) is 24.3 Å². The lowest BCUT2D eigenvalue weighted by molar-refractivity contribution is 0.654. The molecular formula is C15H15NS. The second-order valence-electron chi connectivity index (χ2n) is 3.90. The van der Waals surface area contributed by atoms with E-state index in [1.54, 1.807) is 0 Å². The summed E-state index contributed by atoms with van der Waals surface area (Å²) >= 11 is 1.81. The molecular weight excluding hydrogens is 226 g/mol. The molecule has 0 amide bonds. The van der Waals surface area contributed by atoms with E-state index in [-0.39, 0.29) is 6.04 Å². The molecule has 1 nitrogen and oxygen atoms in total. The molecule has 1 heterocycles. The Hall–Kier alpha value is -1.56. The SMILES string of the molecule is C#CC(C)NCc1ccc(-c2ccccc2)s1. The van der Waals surface area contributed by atoms with Crippen LogP contribution in [0.15, 0.2) is 42.5 Å². The minimum Gasteiger partial charge on any atom is -0.299 e. The number of nitrogens with one attached hydrogen (secondary N) is 1. The van der Waals surface area contributed by atoms with Gasteiger partial charge in [-0.2, -0.15) is 0 Å². The van der Waals surface area contributed by atoms with Crippen molar-refractivity contribution in [1.82, 2.24) is 5.32 Å². The van der Waals surface area contributed by atoms with Crippen molar-refractivity contribution < 1.29 is 0 Å². The van der Waals surface area contributed by atoms with Crippen molar-refractivity contribution in [2.24, 2.45) is 0 Å². The number of hydrogen-bond donors (Lipinski definition) is 1. The topological polar surface area (TPSA) is 12.0 Å². The molecule has 0 aliphatic carbocycles. The van der Waals surface area contributed by atoms with Crippen molar-refractivity contribution in [3.05, 3.63) is 47.3 Å². The first kappa shape index (κ1) is 11.9. The van der Waals surface area contributed by atoms with Crippen LogP contribution in [-0.2, 0) is 6.54 Å². The van der Waals surface area contributed by atoms with Crippen molar-refractivity contribution in [2.45, 2.75) is 19.5 Å². The Bertz CT molecular complexity index is 507. The van der Waals surface area contributed by atoms with Crippen LogP contribution in [0.25, 0.3) is 10.4 Å². The van der Waals surface area contributed by atoms with Crippen molar-refractivity contribution in [1.29, 1.82) is 0 Å². The molecule has 0 saturated heterocycles. The maximum atomic E-state index is 5.32. The van der Waals surface area contributed by atoms with Gasteiger partial charge in [-0.3, -0.25) is 5.32 Å². The molecule has 0 spiro atoms. The fourth-order valence-electron chi connectivity index (χ4n) is 1.54. The molecule has 1 aromatic carbocycles. The molecule has 1 atom stereocenters. The largest absolute Gasteiger partial charge is 0.299 e. The lowest BCUT2D eigenvalue weighted by atomic mass is 10.2. The summed E-state index contributed by atoms with van der Waals surface area (Å²) in [6.07, 6.45) is 5.32. The van der Waals surface area contributed by atoms with Gasteiger partial charge >= 0.3 is 0 Å².